The zero-order valence-electron chi connectivity index (χ0n) is 13.3. The smallest absolute Gasteiger partial charge is 0.198 e. The van der Waals surface area contributed by atoms with Gasteiger partial charge in [0.05, 0.1) is 11.1 Å². The molecule has 0 saturated heterocycles. The molecular weight excluding hydrogens is 300 g/mol. The van der Waals surface area contributed by atoms with Gasteiger partial charge in [0.1, 0.15) is 5.52 Å². The predicted octanol–water partition coefficient (Wildman–Crippen LogP) is 3.95. The lowest BCUT2D eigenvalue weighted by Crippen LogP contribution is -2.36. The van der Waals surface area contributed by atoms with Gasteiger partial charge in [0, 0.05) is 18.5 Å². The van der Waals surface area contributed by atoms with E-state index in [-0.39, 0.29) is 18.1 Å². The number of oxazole rings is 1. The van der Waals surface area contributed by atoms with E-state index in [1.54, 1.807) is 0 Å². The fourth-order valence-corrected chi connectivity index (χ4v) is 3.52. The summed E-state index contributed by atoms with van der Waals surface area (Å²) in [5, 5.41) is 10.6. The van der Waals surface area contributed by atoms with Crippen molar-refractivity contribution < 1.29 is 9.52 Å². The molecule has 1 fully saturated rings. The highest BCUT2D eigenvalue weighted by atomic mass is 35.5. The van der Waals surface area contributed by atoms with Crippen molar-refractivity contribution in [3.8, 4) is 0 Å². The summed E-state index contributed by atoms with van der Waals surface area (Å²) in [6, 6.07) is 4.21. The summed E-state index contributed by atoms with van der Waals surface area (Å²) in [6.07, 6.45) is 2.82. The lowest BCUT2D eigenvalue weighted by atomic mass is 10.1. The third-order valence-electron chi connectivity index (χ3n) is 4.46. The lowest BCUT2D eigenvalue weighted by molar-refractivity contribution is 0.0825. The van der Waals surface area contributed by atoms with Crippen LogP contribution in [-0.2, 0) is 6.54 Å². The Morgan fingerprint density at radius 1 is 1.41 bits per heavy atom. The number of aromatic nitrogens is 1. The van der Waals surface area contributed by atoms with Gasteiger partial charge < -0.3 is 9.52 Å². The first-order chi connectivity index (χ1) is 10.5. The van der Waals surface area contributed by atoms with Crippen LogP contribution in [0.5, 0.6) is 0 Å². The number of hydrogen-bond donors (Lipinski definition) is 1. The Morgan fingerprint density at radius 2 is 2.18 bits per heavy atom. The highest BCUT2D eigenvalue weighted by Crippen LogP contribution is 2.30. The van der Waals surface area contributed by atoms with Crippen LogP contribution < -0.4 is 0 Å². The van der Waals surface area contributed by atoms with E-state index in [4.69, 9.17) is 16.0 Å². The molecule has 1 aromatic heterocycles. The fraction of sp³-hybridized carbons (Fsp3) is 0.588. The number of fused-ring (bicyclic) bond motifs is 1. The predicted molar refractivity (Wildman–Crippen MR) is 88.2 cm³/mol. The second-order valence-corrected chi connectivity index (χ2v) is 7.02. The number of nitrogens with zero attached hydrogens (tertiary/aromatic N) is 2. The largest absolute Gasteiger partial charge is 0.439 e. The molecule has 1 aromatic carbocycles. The molecule has 1 N–H and O–H groups in total. The maximum atomic E-state index is 10.0. The van der Waals surface area contributed by atoms with Gasteiger partial charge >= 0.3 is 0 Å². The molecule has 0 unspecified atom stereocenters. The van der Waals surface area contributed by atoms with Crippen molar-refractivity contribution in [3.05, 3.63) is 28.6 Å². The number of benzene rings is 1. The van der Waals surface area contributed by atoms with E-state index >= 15 is 0 Å². The van der Waals surface area contributed by atoms with Crippen molar-refractivity contribution in [3.63, 3.8) is 0 Å². The lowest BCUT2D eigenvalue weighted by Gasteiger charge is -2.27. The number of aliphatic hydroxyl groups is 1. The van der Waals surface area contributed by atoms with Crippen LogP contribution in [0, 0.1) is 0 Å². The number of rotatable bonds is 4. The molecule has 2 atom stereocenters. The van der Waals surface area contributed by atoms with E-state index in [0.717, 1.165) is 36.9 Å². The topological polar surface area (TPSA) is 49.5 Å². The highest BCUT2D eigenvalue weighted by Gasteiger charge is 2.28. The molecule has 1 saturated carbocycles. The first-order valence-electron chi connectivity index (χ1n) is 7.93. The van der Waals surface area contributed by atoms with Gasteiger partial charge in [-0.3, -0.25) is 4.90 Å². The molecule has 0 bridgehead atoms. The summed E-state index contributed by atoms with van der Waals surface area (Å²) in [6.45, 7) is 4.85. The van der Waals surface area contributed by atoms with Crippen LogP contribution in [0.2, 0.25) is 5.02 Å². The van der Waals surface area contributed by atoms with Crippen molar-refractivity contribution in [2.75, 3.05) is 7.05 Å². The van der Waals surface area contributed by atoms with Gasteiger partial charge in [-0.05, 0) is 44.0 Å². The van der Waals surface area contributed by atoms with Gasteiger partial charge in [-0.2, -0.15) is 0 Å². The monoisotopic (exact) mass is 322 g/mol. The highest BCUT2D eigenvalue weighted by molar-refractivity contribution is 6.34. The van der Waals surface area contributed by atoms with Crippen LogP contribution in [-0.4, -0.2) is 34.2 Å². The molecule has 5 heteroatoms. The van der Waals surface area contributed by atoms with Gasteiger partial charge in [0.2, 0.25) is 0 Å². The van der Waals surface area contributed by atoms with Crippen molar-refractivity contribution in [1.82, 2.24) is 9.88 Å². The minimum absolute atomic E-state index is 0.219. The molecule has 120 valence electrons. The van der Waals surface area contributed by atoms with Gasteiger partial charge in [-0.15, -0.1) is 0 Å². The van der Waals surface area contributed by atoms with Crippen molar-refractivity contribution in [2.24, 2.45) is 0 Å². The second-order valence-electron chi connectivity index (χ2n) is 6.61. The summed E-state index contributed by atoms with van der Waals surface area (Å²) in [7, 11) is 2.06. The fourth-order valence-electron chi connectivity index (χ4n) is 3.24. The standard InChI is InChI=1S/C17H23ClN2O2/c1-10(2)17-19-13-8-11(7-12(18)16(13)22-17)9-20(3)14-5-4-6-15(14)21/h7-8,10,14-15,21H,4-6,9H2,1-3H3/t14-,15-/m1/s1. The van der Waals surface area contributed by atoms with E-state index in [9.17, 15) is 5.11 Å². The van der Waals surface area contributed by atoms with Crippen LogP contribution in [0.25, 0.3) is 11.1 Å². The van der Waals surface area contributed by atoms with Gasteiger partial charge in [-0.1, -0.05) is 25.4 Å². The van der Waals surface area contributed by atoms with Crippen LogP contribution in [0.1, 0.15) is 50.5 Å². The maximum absolute atomic E-state index is 10.0. The first kappa shape index (κ1) is 15.8. The Balaban J connectivity index is 1.84. The summed E-state index contributed by atoms with van der Waals surface area (Å²) < 4.78 is 5.74. The summed E-state index contributed by atoms with van der Waals surface area (Å²) in [5.74, 6) is 0.955. The number of aliphatic hydroxyl groups excluding tert-OH is 1. The summed E-state index contributed by atoms with van der Waals surface area (Å²) in [5.41, 5.74) is 2.58. The minimum Gasteiger partial charge on any atom is -0.439 e. The molecular formula is C17H23ClN2O2. The normalized spacial score (nSPS) is 22.3. The zero-order valence-corrected chi connectivity index (χ0v) is 14.1. The third kappa shape index (κ3) is 3.00. The molecule has 2 aromatic rings. The molecule has 3 rings (SSSR count). The summed E-state index contributed by atoms with van der Waals surface area (Å²) >= 11 is 6.35. The second kappa shape index (κ2) is 6.19. The van der Waals surface area contributed by atoms with E-state index in [0.29, 0.717) is 16.5 Å². The van der Waals surface area contributed by atoms with E-state index in [1.807, 2.05) is 12.1 Å². The number of likely N-dealkylation sites (N-methyl/N-ethyl adjacent to an activating group) is 1. The Labute approximate surface area is 136 Å². The molecule has 0 radical (unpaired) electrons. The average molecular weight is 323 g/mol. The molecule has 0 aliphatic heterocycles. The Hall–Kier alpha value is -1.10. The van der Waals surface area contributed by atoms with E-state index in [1.165, 1.54) is 0 Å². The average Bonchev–Trinajstić information content (AvgIpc) is 3.04. The SMILES string of the molecule is CC(C)c1nc2cc(CN(C)[C@@H]3CCC[C@H]3O)cc(Cl)c2o1. The molecule has 22 heavy (non-hydrogen) atoms. The first-order valence-corrected chi connectivity index (χ1v) is 8.30. The van der Waals surface area contributed by atoms with Crippen LogP contribution in [0.4, 0.5) is 0 Å². The van der Waals surface area contributed by atoms with Crippen molar-refractivity contribution in [2.45, 2.75) is 57.7 Å². The third-order valence-corrected chi connectivity index (χ3v) is 4.74. The van der Waals surface area contributed by atoms with E-state index < -0.39 is 0 Å². The van der Waals surface area contributed by atoms with Crippen LogP contribution in [0.15, 0.2) is 16.5 Å². The van der Waals surface area contributed by atoms with Gasteiger partial charge in [-0.25, -0.2) is 4.98 Å². The zero-order chi connectivity index (χ0) is 15.9. The number of halogens is 1. The maximum Gasteiger partial charge on any atom is 0.198 e. The van der Waals surface area contributed by atoms with Crippen molar-refractivity contribution >= 4 is 22.7 Å². The molecule has 0 spiro atoms. The molecule has 1 aliphatic carbocycles. The van der Waals surface area contributed by atoms with Gasteiger partial charge in [0.15, 0.2) is 11.5 Å². The van der Waals surface area contributed by atoms with E-state index in [2.05, 4.69) is 30.8 Å². The number of hydrogen-bond acceptors (Lipinski definition) is 4. The quantitative estimate of drug-likeness (QED) is 0.926. The Bertz CT molecular complexity index is 668. The Kier molecular flexibility index (Phi) is 4.44. The Morgan fingerprint density at radius 3 is 2.82 bits per heavy atom. The minimum atomic E-state index is -0.219. The van der Waals surface area contributed by atoms with Crippen molar-refractivity contribution in [1.29, 1.82) is 0 Å². The van der Waals surface area contributed by atoms with Crippen LogP contribution >= 0.6 is 11.6 Å². The van der Waals surface area contributed by atoms with Crippen LogP contribution in [0.3, 0.4) is 0 Å². The van der Waals surface area contributed by atoms with Gasteiger partial charge in [0.25, 0.3) is 0 Å². The molecule has 4 nitrogen and oxygen atoms in total. The summed E-state index contributed by atoms with van der Waals surface area (Å²) in [4.78, 5) is 6.74. The molecule has 0 amide bonds. The molecule has 1 aliphatic rings. The molecule has 1 heterocycles.